The van der Waals surface area contributed by atoms with Gasteiger partial charge in [-0.3, -0.25) is 19.9 Å². The summed E-state index contributed by atoms with van der Waals surface area (Å²) in [7, 11) is 0. The van der Waals surface area contributed by atoms with Crippen LogP contribution in [0.15, 0.2) is 48.9 Å². The van der Waals surface area contributed by atoms with E-state index in [1.54, 1.807) is 6.07 Å². The molecule has 0 radical (unpaired) electrons. The molecule has 0 aliphatic carbocycles. The second-order valence-corrected chi connectivity index (χ2v) is 7.50. The molecule has 160 valence electrons. The summed E-state index contributed by atoms with van der Waals surface area (Å²) >= 11 is 0. The van der Waals surface area contributed by atoms with Crippen LogP contribution in [0.2, 0.25) is 0 Å². The topological polar surface area (TPSA) is 112 Å². The number of hydrogen-bond acceptors (Lipinski definition) is 5. The number of unbranched alkanes of at least 4 members (excludes halogenated alkanes) is 1. The SMILES string of the molecule is CCCCC(=O)Nc1cncc(-c2ncc3[nH]nc(-c4nc5ccccc5[nH]4)c3c2F)c1. The third-order valence-corrected chi connectivity index (χ3v) is 5.21. The fourth-order valence-electron chi connectivity index (χ4n) is 3.61. The zero-order chi connectivity index (χ0) is 22.1. The number of amides is 1. The quantitative estimate of drug-likeness (QED) is 0.358. The van der Waals surface area contributed by atoms with Gasteiger partial charge in [0.15, 0.2) is 11.6 Å². The number of hydrogen-bond donors (Lipinski definition) is 3. The van der Waals surface area contributed by atoms with Gasteiger partial charge in [0.05, 0.1) is 40.0 Å². The molecule has 4 aromatic heterocycles. The van der Waals surface area contributed by atoms with Crippen LogP contribution < -0.4 is 5.32 Å². The number of aromatic amines is 2. The summed E-state index contributed by atoms with van der Waals surface area (Å²) in [6.45, 7) is 2.02. The fraction of sp³-hybridized carbons (Fsp3) is 0.174. The number of H-pyrrole nitrogens is 2. The average Bonchev–Trinajstić information content (AvgIpc) is 3.42. The molecule has 1 aromatic carbocycles. The molecule has 0 saturated heterocycles. The van der Waals surface area contributed by atoms with Crippen LogP contribution in [0.1, 0.15) is 26.2 Å². The lowest BCUT2D eigenvalue weighted by molar-refractivity contribution is -0.116. The molecular weight excluding hydrogens is 409 g/mol. The van der Waals surface area contributed by atoms with Gasteiger partial charge in [-0.1, -0.05) is 25.5 Å². The Morgan fingerprint density at radius 3 is 2.84 bits per heavy atom. The Bertz CT molecular complexity index is 1410. The molecule has 4 heterocycles. The first-order chi connectivity index (χ1) is 15.6. The van der Waals surface area contributed by atoms with E-state index >= 15 is 4.39 Å². The molecule has 0 spiro atoms. The third kappa shape index (κ3) is 3.58. The van der Waals surface area contributed by atoms with Gasteiger partial charge in [-0.05, 0) is 24.6 Å². The molecule has 3 N–H and O–H groups in total. The number of aromatic nitrogens is 6. The van der Waals surface area contributed by atoms with Crippen LogP contribution in [-0.2, 0) is 4.79 Å². The summed E-state index contributed by atoms with van der Waals surface area (Å²) in [5, 5.41) is 10.2. The van der Waals surface area contributed by atoms with Gasteiger partial charge < -0.3 is 10.3 Å². The first-order valence-electron chi connectivity index (χ1n) is 10.4. The molecular formula is C23H20FN7O. The van der Waals surface area contributed by atoms with E-state index in [1.165, 1.54) is 18.6 Å². The average molecular weight is 429 g/mol. The van der Waals surface area contributed by atoms with Crippen LogP contribution in [0.5, 0.6) is 0 Å². The Kier molecular flexibility index (Phi) is 5.06. The molecule has 0 aliphatic rings. The highest BCUT2D eigenvalue weighted by molar-refractivity contribution is 5.96. The number of benzene rings is 1. The lowest BCUT2D eigenvalue weighted by Crippen LogP contribution is -2.11. The zero-order valence-electron chi connectivity index (χ0n) is 17.3. The minimum atomic E-state index is -0.539. The van der Waals surface area contributed by atoms with E-state index in [0.717, 1.165) is 23.9 Å². The third-order valence-electron chi connectivity index (χ3n) is 5.21. The number of para-hydroxylation sites is 2. The number of halogens is 1. The number of anilines is 1. The summed E-state index contributed by atoms with van der Waals surface area (Å²) in [5.74, 6) is -0.178. The number of rotatable bonds is 6. The van der Waals surface area contributed by atoms with E-state index in [9.17, 15) is 4.79 Å². The van der Waals surface area contributed by atoms with E-state index in [0.29, 0.717) is 34.7 Å². The van der Waals surface area contributed by atoms with Gasteiger partial charge in [-0.2, -0.15) is 5.10 Å². The summed E-state index contributed by atoms with van der Waals surface area (Å²) in [4.78, 5) is 28.2. The van der Waals surface area contributed by atoms with Crippen molar-refractivity contribution in [2.75, 3.05) is 5.32 Å². The van der Waals surface area contributed by atoms with Crippen LogP contribution in [0.25, 0.3) is 44.7 Å². The number of imidazole rings is 1. The first kappa shape index (κ1) is 19.8. The minimum absolute atomic E-state index is 0.100. The lowest BCUT2D eigenvalue weighted by atomic mass is 10.1. The maximum absolute atomic E-state index is 15.7. The Balaban J connectivity index is 1.55. The van der Waals surface area contributed by atoms with E-state index in [1.807, 2.05) is 31.2 Å². The van der Waals surface area contributed by atoms with Crippen LogP contribution in [0, 0.1) is 5.82 Å². The maximum Gasteiger partial charge on any atom is 0.224 e. The molecule has 8 nitrogen and oxygen atoms in total. The van der Waals surface area contributed by atoms with Crippen molar-refractivity contribution < 1.29 is 9.18 Å². The Morgan fingerprint density at radius 2 is 2.00 bits per heavy atom. The first-order valence-corrected chi connectivity index (χ1v) is 10.4. The minimum Gasteiger partial charge on any atom is -0.337 e. The van der Waals surface area contributed by atoms with Gasteiger partial charge in [-0.25, -0.2) is 9.37 Å². The Labute approximate surface area is 182 Å². The van der Waals surface area contributed by atoms with Crippen molar-refractivity contribution in [1.29, 1.82) is 0 Å². The van der Waals surface area contributed by atoms with Crippen molar-refractivity contribution in [1.82, 2.24) is 30.1 Å². The molecule has 5 aromatic rings. The van der Waals surface area contributed by atoms with Gasteiger partial charge in [-0.15, -0.1) is 0 Å². The highest BCUT2D eigenvalue weighted by Crippen LogP contribution is 2.32. The lowest BCUT2D eigenvalue weighted by Gasteiger charge is -2.08. The van der Waals surface area contributed by atoms with Crippen molar-refractivity contribution in [2.24, 2.45) is 0 Å². The van der Waals surface area contributed by atoms with Crippen LogP contribution in [0.3, 0.4) is 0 Å². The summed E-state index contributed by atoms with van der Waals surface area (Å²) in [6, 6.07) is 9.22. The molecule has 0 bridgehead atoms. The van der Waals surface area contributed by atoms with Crippen molar-refractivity contribution in [3.8, 4) is 22.8 Å². The highest BCUT2D eigenvalue weighted by atomic mass is 19.1. The van der Waals surface area contributed by atoms with Gasteiger partial charge in [0, 0.05) is 18.2 Å². The number of nitrogens with zero attached hydrogens (tertiary/aromatic N) is 4. The fourth-order valence-corrected chi connectivity index (χ4v) is 3.61. The number of nitrogens with one attached hydrogen (secondary N) is 3. The van der Waals surface area contributed by atoms with Gasteiger partial charge in [0.1, 0.15) is 11.4 Å². The van der Waals surface area contributed by atoms with Crippen molar-refractivity contribution in [3.05, 3.63) is 54.7 Å². The second kappa shape index (κ2) is 8.18. The number of pyridine rings is 2. The molecule has 0 atom stereocenters. The predicted molar refractivity (Wildman–Crippen MR) is 120 cm³/mol. The van der Waals surface area contributed by atoms with Crippen LogP contribution in [-0.4, -0.2) is 36.0 Å². The standard InChI is InChI=1S/C23H20FN7O/c1-2-3-8-18(32)27-14-9-13(10-25-11-14)21-20(24)19-17(12-26-21)30-31-22(19)23-28-15-6-4-5-7-16(15)29-23/h4-7,9-12H,2-3,8H2,1H3,(H,27,32)(H,28,29)(H,30,31). The molecule has 5 rings (SSSR count). The second-order valence-electron chi connectivity index (χ2n) is 7.50. The number of carbonyl (C=O) groups excluding carboxylic acids is 1. The molecule has 0 unspecified atom stereocenters. The van der Waals surface area contributed by atoms with Gasteiger partial charge in [0.2, 0.25) is 5.91 Å². The largest absolute Gasteiger partial charge is 0.337 e. The summed E-state index contributed by atoms with van der Waals surface area (Å²) < 4.78 is 15.7. The number of fused-ring (bicyclic) bond motifs is 2. The van der Waals surface area contributed by atoms with E-state index in [-0.39, 0.29) is 17.0 Å². The molecule has 0 aliphatic heterocycles. The van der Waals surface area contributed by atoms with Crippen molar-refractivity contribution >= 4 is 33.5 Å². The Morgan fingerprint density at radius 1 is 1.12 bits per heavy atom. The zero-order valence-corrected chi connectivity index (χ0v) is 17.3. The molecule has 1 amide bonds. The monoisotopic (exact) mass is 429 g/mol. The van der Waals surface area contributed by atoms with Crippen LogP contribution >= 0.6 is 0 Å². The van der Waals surface area contributed by atoms with Gasteiger partial charge >= 0.3 is 0 Å². The van der Waals surface area contributed by atoms with Crippen molar-refractivity contribution in [2.45, 2.75) is 26.2 Å². The van der Waals surface area contributed by atoms with E-state index < -0.39 is 5.82 Å². The van der Waals surface area contributed by atoms with Gasteiger partial charge in [0.25, 0.3) is 0 Å². The Hall–Kier alpha value is -4.14. The predicted octanol–water partition coefficient (Wildman–Crippen LogP) is 4.83. The van der Waals surface area contributed by atoms with E-state index in [4.69, 9.17) is 0 Å². The number of carbonyl (C=O) groups is 1. The summed E-state index contributed by atoms with van der Waals surface area (Å²) in [6.07, 6.45) is 6.73. The smallest absolute Gasteiger partial charge is 0.224 e. The highest BCUT2D eigenvalue weighted by Gasteiger charge is 2.20. The normalized spacial score (nSPS) is 11.3. The summed E-state index contributed by atoms with van der Waals surface area (Å²) in [5.41, 5.74) is 3.50. The molecule has 32 heavy (non-hydrogen) atoms. The van der Waals surface area contributed by atoms with Crippen LogP contribution in [0.4, 0.5) is 10.1 Å². The van der Waals surface area contributed by atoms with E-state index in [2.05, 4.69) is 35.5 Å². The molecule has 9 heteroatoms. The maximum atomic E-state index is 15.7. The molecule has 0 saturated carbocycles. The molecule has 0 fully saturated rings. The van der Waals surface area contributed by atoms with Crippen molar-refractivity contribution in [3.63, 3.8) is 0 Å².